The van der Waals surface area contributed by atoms with E-state index in [1.165, 1.54) is 11.6 Å². The lowest BCUT2D eigenvalue weighted by atomic mass is 9.76. The van der Waals surface area contributed by atoms with E-state index in [-0.39, 0.29) is 39.7 Å². The van der Waals surface area contributed by atoms with Gasteiger partial charge in [-0.1, -0.05) is 93.0 Å². The molecule has 0 heterocycles. The number of ether oxygens (including phenoxy) is 1. The Balaban J connectivity index is 1.87. The van der Waals surface area contributed by atoms with E-state index in [2.05, 4.69) is 74.0 Å². The monoisotopic (exact) mass is 823 g/mol. The van der Waals surface area contributed by atoms with Crippen molar-refractivity contribution in [3.63, 3.8) is 0 Å². The van der Waals surface area contributed by atoms with E-state index in [1.807, 2.05) is 24.8 Å². The van der Waals surface area contributed by atoms with Crippen molar-refractivity contribution < 1.29 is 27.5 Å². The minimum absolute atomic E-state index is 0.0151. The van der Waals surface area contributed by atoms with Gasteiger partial charge in [-0.15, -0.1) is 0 Å². The number of rotatable bonds is 19. The lowest BCUT2D eigenvalue weighted by molar-refractivity contribution is -0.123. The number of aliphatic imine (C=N–C) groups is 1. The number of benzene rings is 3. The summed E-state index contributed by atoms with van der Waals surface area (Å²) in [5.74, 6) is -0.941. The summed E-state index contributed by atoms with van der Waals surface area (Å²) in [7, 11) is -3.32. The predicted molar refractivity (Wildman–Crippen MR) is 235 cm³/mol. The molecule has 0 aliphatic rings. The summed E-state index contributed by atoms with van der Waals surface area (Å²) in [5, 5.41) is 5.85. The van der Waals surface area contributed by atoms with E-state index in [9.17, 15) is 22.8 Å². The summed E-state index contributed by atoms with van der Waals surface area (Å²) in [6, 6.07) is 17.9. The average molecular weight is 825 g/mol. The van der Waals surface area contributed by atoms with Crippen LogP contribution in [0.1, 0.15) is 107 Å². The van der Waals surface area contributed by atoms with E-state index in [0.29, 0.717) is 36.6 Å². The Bertz CT molecular complexity index is 2040. The first-order chi connectivity index (χ1) is 26.5. The number of likely N-dealkylation sites (N-methyl/N-ethyl adjacent to an activating group) is 1. The molecule has 0 spiro atoms. The van der Waals surface area contributed by atoms with Crippen LogP contribution in [0.3, 0.4) is 0 Å². The molecule has 0 saturated heterocycles. The third kappa shape index (κ3) is 13.1. The van der Waals surface area contributed by atoms with Crippen molar-refractivity contribution in [1.29, 1.82) is 0 Å². The van der Waals surface area contributed by atoms with Crippen molar-refractivity contribution >= 4 is 67.7 Å². The molecule has 11 nitrogen and oxygen atoms in total. The summed E-state index contributed by atoms with van der Waals surface area (Å²) >= 11 is 6.54. The summed E-state index contributed by atoms with van der Waals surface area (Å²) in [6.45, 7) is 23.4. The highest BCUT2D eigenvalue weighted by Gasteiger charge is 2.32. The molecular formula is C44H62ClN5O6S. The fraction of sp³-hybridized carbons (Fsp3) is 0.500. The molecule has 57 heavy (non-hydrogen) atoms. The van der Waals surface area contributed by atoms with Gasteiger partial charge in [-0.05, 0) is 91.1 Å². The Morgan fingerprint density at radius 3 is 2.02 bits per heavy atom. The third-order valence-electron chi connectivity index (χ3n) is 10.4. The minimum Gasteiger partial charge on any atom is -0.480 e. The van der Waals surface area contributed by atoms with E-state index in [0.717, 1.165) is 30.3 Å². The number of sulfonamides is 1. The number of halogens is 1. The Morgan fingerprint density at radius 2 is 1.47 bits per heavy atom. The number of nitrogens with one attached hydrogen (secondary N) is 3. The van der Waals surface area contributed by atoms with Crippen molar-refractivity contribution in [3.05, 3.63) is 76.8 Å². The fourth-order valence-electron chi connectivity index (χ4n) is 5.82. The molecule has 0 aliphatic heterocycles. The molecule has 0 radical (unpaired) electrons. The molecule has 2 amide bonds. The highest BCUT2D eigenvalue weighted by atomic mass is 35.5. The van der Waals surface area contributed by atoms with Gasteiger partial charge >= 0.3 is 0 Å². The van der Waals surface area contributed by atoms with Crippen LogP contribution in [0, 0.1) is 5.41 Å². The second kappa shape index (κ2) is 19.5. The van der Waals surface area contributed by atoms with Crippen molar-refractivity contribution in [2.24, 2.45) is 10.4 Å². The molecule has 3 N–H and O–H groups in total. The molecule has 3 aromatic carbocycles. The smallest absolute Gasteiger partial charge is 0.278 e. The van der Waals surface area contributed by atoms with Crippen LogP contribution >= 0.6 is 11.6 Å². The van der Waals surface area contributed by atoms with Crippen LogP contribution in [0.25, 0.3) is 0 Å². The summed E-state index contributed by atoms with van der Waals surface area (Å²) < 4.78 is 31.9. The first-order valence-corrected chi connectivity index (χ1v) is 21.9. The van der Waals surface area contributed by atoms with Gasteiger partial charge in [0.25, 0.3) is 11.8 Å². The minimum atomic E-state index is -3.32. The van der Waals surface area contributed by atoms with E-state index < -0.39 is 33.2 Å². The Morgan fingerprint density at radius 1 is 0.842 bits per heavy atom. The first-order valence-electron chi connectivity index (χ1n) is 19.6. The van der Waals surface area contributed by atoms with Crippen LogP contribution in [0.5, 0.6) is 5.75 Å². The van der Waals surface area contributed by atoms with Crippen LogP contribution in [0.4, 0.5) is 22.7 Å². The topological polar surface area (TPSA) is 146 Å². The lowest BCUT2D eigenvalue weighted by Gasteiger charge is -2.31. The maximum absolute atomic E-state index is 13.8. The zero-order valence-electron chi connectivity index (χ0n) is 35.7. The maximum atomic E-state index is 13.8. The number of hydrogen-bond donors (Lipinski definition) is 3. The number of anilines is 3. The number of ketones is 1. The zero-order chi connectivity index (χ0) is 42.9. The van der Waals surface area contributed by atoms with Gasteiger partial charge < -0.3 is 20.3 Å². The van der Waals surface area contributed by atoms with Gasteiger partial charge in [0.2, 0.25) is 10.0 Å². The molecule has 0 saturated carbocycles. The summed E-state index contributed by atoms with van der Waals surface area (Å²) in [6.07, 6.45) is 2.57. The van der Waals surface area contributed by atoms with Crippen LogP contribution in [0.2, 0.25) is 5.02 Å². The Hall–Kier alpha value is -4.26. The lowest BCUT2D eigenvalue weighted by Crippen LogP contribution is -2.37. The number of carbonyl (C=O) groups excluding carboxylic acids is 3. The predicted octanol–water partition coefficient (Wildman–Crippen LogP) is 9.21. The van der Waals surface area contributed by atoms with Crippen molar-refractivity contribution in [1.82, 2.24) is 4.72 Å². The molecule has 0 aromatic heterocycles. The van der Waals surface area contributed by atoms with Crippen LogP contribution < -0.4 is 25.0 Å². The first kappa shape index (κ1) is 47.1. The molecule has 1 atom stereocenters. The average Bonchev–Trinajstić information content (AvgIpc) is 3.15. The molecule has 0 fully saturated rings. The van der Waals surface area contributed by atoms with E-state index in [1.54, 1.807) is 57.2 Å². The van der Waals surface area contributed by atoms with Gasteiger partial charge in [0.05, 0.1) is 22.7 Å². The number of hydrogen-bond acceptors (Lipinski definition) is 8. The molecule has 312 valence electrons. The summed E-state index contributed by atoms with van der Waals surface area (Å²) in [4.78, 5) is 47.6. The Labute approximate surface area is 345 Å². The number of Topliss-reactive ketones (excluding diaryl/α,β-unsaturated/α-hetero) is 1. The third-order valence-corrected chi connectivity index (χ3v) is 11.4. The molecule has 3 rings (SSSR count). The SMILES string of the molecule is CCC(Oc1ccc(C(C)(C)CC)cc1C(C)(C)CC)C(=O)Nc1ccc(Cl)c(NC(=O)C(=Nc2ccc(N(CC)CCNS(C)(=O)=O)cc2)C(=O)C(C)(C)C)c1. The number of carbonyl (C=O) groups is 3. The molecule has 13 heteroatoms. The normalized spacial score (nSPS) is 13.2. The molecule has 1 unspecified atom stereocenters. The van der Waals surface area contributed by atoms with Crippen LogP contribution in [-0.4, -0.2) is 63.7 Å². The second-order valence-corrected chi connectivity index (χ2v) is 18.9. The zero-order valence-corrected chi connectivity index (χ0v) is 37.3. The number of nitrogens with zero attached hydrogens (tertiary/aromatic N) is 2. The van der Waals surface area contributed by atoms with E-state index >= 15 is 0 Å². The van der Waals surface area contributed by atoms with Crippen LogP contribution in [0.15, 0.2) is 65.7 Å². The highest BCUT2D eigenvalue weighted by molar-refractivity contribution is 7.88. The van der Waals surface area contributed by atoms with Gasteiger partial charge in [0, 0.05) is 42.0 Å². The van der Waals surface area contributed by atoms with Gasteiger partial charge in [-0.2, -0.15) is 0 Å². The van der Waals surface area contributed by atoms with Gasteiger partial charge in [-0.25, -0.2) is 18.1 Å². The van der Waals surface area contributed by atoms with Gasteiger partial charge in [-0.3, -0.25) is 14.4 Å². The molecule has 3 aromatic rings. The molecular weight excluding hydrogens is 762 g/mol. The van der Waals surface area contributed by atoms with Gasteiger partial charge in [0.1, 0.15) is 5.75 Å². The molecule has 0 aliphatic carbocycles. The van der Waals surface area contributed by atoms with Gasteiger partial charge in [0.15, 0.2) is 17.6 Å². The van der Waals surface area contributed by atoms with Crippen molar-refractivity contribution in [3.8, 4) is 5.75 Å². The standard InChI is InChI=1S/C44H62ClN5O6S/c1-13-36(56-37-24-17-29(43(8,9)14-2)27-33(37)44(10,11)15-3)40(52)48-31-20-23-34(45)35(28-31)49-41(53)38(39(51)42(5,6)7)47-30-18-21-32(22-19-30)50(16-4)26-25-46-57(12,54)55/h17-24,27-28,36,46H,13-16,25-26H2,1-12H3,(H,48,52)(H,49,53). The molecule has 0 bridgehead atoms. The van der Waals surface area contributed by atoms with Crippen LogP contribution in [-0.2, 0) is 35.2 Å². The Kier molecular flexibility index (Phi) is 16.1. The maximum Gasteiger partial charge on any atom is 0.278 e. The van der Waals surface area contributed by atoms with Crippen molar-refractivity contribution in [2.75, 3.05) is 41.4 Å². The van der Waals surface area contributed by atoms with Crippen molar-refractivity contribution in [2.45, 2.75) is 112 Å². The summed E-state index contributed by atoms with van der Waals surface area (Å²) in [5.41, 5.74) is 2.56. The fourth-order valence-corrected chi connectivity index (χ4v) is 6.45. The van der Waals surface area contributed by atoms with E-state index in [4.69, 9.17) is 16.3 Å². The second-order valence-electron chi connectivity index (χ2n) is 16.6. The quantitative estimate of drug-likeness (QED) is 0.0807. The largest absolute Gasteiger partial charge is 0.480 e. The number of amides is 2. The highest BCUT2D eigenvalue weighted by Crippen LogP contribution is 2.39.